The summed E-state index contributed by atoms with van der Waals surface area (Å²) in [7, 11) is 0. The summed E-state index contributed by atoms with van der Waals surface area (Å²) in [5.74, 6) is 0.832. The number of pyridine rings is 1. The van der Waals surface area contributed by atoms with Gasteiger partial charge in [-0.1, -0.05) is 19.9 Å². The maximum absolute atomic E-state index is 13.2. The van der Waals surface area contributed by atoms with Crippen LogP contribution in [0, 0.1) is 22.2 Å². The van der Waals surface area contributed by atoms with Gasteiger partial charge in [-0.05, 0) is 85.8 Å². The molecule has 4 aliphatic rings. The zero-order valence-electron chi connectivity index (χ0n) is 18.9. The SMILES string of the molecule is C[C@H](CO)n1ccc2c(NC(=O)CC34CC5CC(C)(CC(C)(C5)C3)C4)cccc2c1=O. The fraction of sp³-hybridized carbons (Fsp3) is 0.615. The van der Waals surface area contributed by atoms with Crippen molar-refractivity contribution in [2.45, 2.75) is 71.8 Å². The third-order valence-electron chi connectivity index (χ3n) is 8.26. The van der Waals surface area contributed by atoms with Gasteiger partial charge in [-0.2, -0.15) is 0 Å². The van der Waals surface area contributed by atoms with Gasteiger partial charge >= 0.3 is 0 Å². The second-order valence-corrected chi connectivity index (χ2v) is 11.7. The standard InChI is InChI=1S/C26H34N2O3/c1-17(13-29)28-8-7-19-20(23(28)31)5-4-6-21(19)27-22(30)12-26-11-18-9-24(2,15-26)14-25(3,10-18)16-26/h4-8,17-18,29H,9-16H2,1-3H3,(H,27,30)/t17-,18?,24?,25?,26?/m1/s1. The van der Waals surface area contributed by atoms with Gasteiger partial charge in [0, 0.05) is 29.1 Å². The van der Waals surface area contributed by atoms with E-state index in [1.165, 1.54) is 38.5 Å². The first kappa shape index (κ1) is 20.7. The number of nitrogens with one attached hydrogen (secondary N) is 1. The van der Waals surface area contributed by atoms with Gasteiger partial charge in [0.15, 0.2) is 0 Å². The fourth-order valence-electron chi connectivity index (χ4n) is 8.25. The topological polar surface area (TPSA) is 71.3 Å². The third-order valence-corrected chi connectivity index (χ3v) is 8.26. The van der Waals surface area contributed by atoms with Crippen molar-refractivity contribution in [1.82, 2.24) is 4.57 Å². The first-order valence-corrected chi connectivity index (χ1v) is 11.7. The molecule has 0 spiro atoms. The van der Waals surface area contributed by atoms with Gasteiger partial charge in [0.2, 0.25) is 5.91 Å². The van der Waals surface area contributed by atoms with Crippen LogP contribution in [0.2, 0.25) is 0 Å². The van der Waals surface area contributed by atoms with Gasteiger partial charge in [-0.15, -0.1) is 0 Å². The Kier molecular flexibility index (Phi) is 4.64. The molecule has 4 bridgehead atoms. The van der Waals surface area contributed by atoms with Crippen molar-refractivity contribution in [3.05, 3.63) is 40.8 Å². The number of rotatable bonds is 5. The van der Waals surface area contributed by atoms with Crippen LogP contribution in [0.3, 0.4) is 0 Å². The molecule has 31 heavy (non-hydrogen) atoms. The molecule has 3 atom stereocenters. The van der Waals surface area contributed by atoms with E-state index in [1.54, 1.807) is 16.8 Å². The van der Waals surface area contributed by atoms with Crippen LogP contribution in [0.4, 0.5) is 5.69 Å². The molecule has 2 N–H and O–H groups in total. The molecule has 1 aromatic heterocycles. The Morgan fingerprint density at radius 3 is 2.48 bits per heavy atom. The lowest BCUT2D eigenvalue weighted by Crippen LogP contribution is -2.55. The van der Waals surface area contributed by atoms with Crippen molar-refractivity contribution < 1.29 is 9.90 Å². The number of aliphatic hydroxyl groups is 1. The van der Waals surface area contributed by atoms with E-state index in [0.717, 1.165) is 11.3 Å². The second-order valence-electron chi connectivity index (χ2n) is 11.7. The summed E-state index contributed by atoms with van der Waals surface area (Å²) in [6.07, 6.45) is 9.76. The molecule has 5 nitrogen and oxygen atoms in total. The van der Waals surface area contributed by atoms with E-state index in [-0.39, 0.29) is 29.5 Å². The van der Waals surface area contributed by atoms with Crippen molar-refractivity contribution in [1.29, 1.82) is 0 Å². The molecule has 4 aliphatic carbocycles. The number of benzene rings is 1. The van der Waals surface area contributed by atoms with Crippen LogP contribution in [0.1, 0.15) is 71.8 Å². The number of hydrogen-bond donors (Lipinski definition) is 2. The van der Waals surface area contributed by atoms with Crippen LogP contribution in [0.5, 0.6) is 0 Å². The maximum atomic E-state index is 13.2. The molecule has 5 heteroatoms. The van der Waals surface area contributed by atoms with Crippen LogP contribution in [0.25, 0.3) is 10.8 Å². The zero-order valence-corrected chi connectivity index (χ0v) is 18.9. The Hall–Kier alpha value is -2.14. The normalized spacial score (nSPS) is 34.8. The number of aliphatic hydroxyl groups excluding tert-OH is 1. The van der Waals surface area contributed by atoms with E-state index < -0.39 is 0 Å². The smallest absolute Gasteiger partial charge is 0.258 e. The van der Waals surface area contributed by atoms with Gasteiger partial charge in [0.05, 0.1) is 12.6 Å². The van der Waals surface area contributed by atoms with Crippen LogP contribution in [-0.4, -0.2) is 22.2 Å². The Balaban J connectivity index is 1.40. The molecule has 0 saturated heterocycles. The van der Waals surface area contributed by atoms with Crippen molar-refractivity contribution in [2.75, 3.05) is 11.9 Å². The highest BCUT2D eigenvalue weighted by Crippen LogP contribution is 2.70. The van der Waals surface area contributed by atoms with Crippen molar-refractivity contribution in [3.63, 3.8) is 0 Å². The average Bonchev–Trinajstić information content (AvgIpc) is 2.65. The average molecular weight is 423 g/mol. The number of carbonyl (C=O) groups excluding carboxylic acids is 1. The van der Waals surface area contributed by atoms with E-state index in [0.29, 0.717) is 28.3 Å². The van der Waals surface area contributed by atoms with Gasteiger partial charge in [-0.25, -0.2) is 0 Å². The molecular weight excluding hydrogens is 388 g/mol. The van der Waals surface area contributed by atoms with Crippen molar-refractivity contribution in [2.24, 2.45) is 22.2 Å². The molecule has 6 rings (SSSR count). The Morgan fingerprint density at radius 1 is 1.13 bits per heavy atom. The molecule has 166 valence electrons. The highest BCUT2D eigenvalue weighted by atomic mass is 16.3. The highest BCUT2D eigenvalue weighted by molar-refractivity contribution is 6.02. The van der Waals surface area contributed by atoms with Crippen LogP contribution in [-0.2, 0) is 4.79 Å². The number of hydrogen-bond acceptors (Lipinski definition) is 3. The molecule has 0 aliphatic heterocycles. The van der Waals surface area contributed by atoms with Crippen molar-refractivity contribution >= 4 is 22.4 Å². The molecule has 0 radical (unpaired) electrons. The van der Waals surface area contributed by atoms with E-state index in [2.05, 4.69) is 19.2 Å². The lowest BCUT2D eigenvalue weighted by molar-refractivity contribution is -0.153. The first-order valence-electron chi connectivity index (χ1n) is 11.7. The van der Waals surface area contributed by atoms with Crippen molar-refractivity contribution in [3.8, 4) is 0 Å². The Bertz CT molecular complexity index is 1090. The molecule has 1 aromatic carbocycles. The van der Waals surface area contributed by atoms with Gasteiger partial charge < -0.3 is 15.0 Å². The lowest BCUT2D eigenvalue weighted by Gasteiger charge is -2.65. The minimum absolute atomic E-state index is 0.0644. The largest absolute Gasteiger partial charge is 0.394 e. The van der Waals surface area contributed by atoms with E-state index in [4.69, 9.17) is 0 Å². The Morgan fingerprint density at radius 2 is 1.84 bits per heavy atom. The van der Waals surface area contributed by atoms with Crippen LogP contribution in [0.15, 0.2) is 35.3 Å². The molecule has 4 saturated carbocycles. The quantitative estimate of drug-likeness (QED) is 0.721. The highest BCUT2D eigenvalue weighted by Gasteiger charge is 2.60. The van der Waals surface area contributed by atoms with Gasteiger partial charge in [0.25, 0.3) is 5.56 Å². The van der Waals surface area contributed by atoms with E-state index >= 15 is 0 Å². The summed E-state index contributed by atoms with van der Waals surface area (Å²) in [6.45, 7) is 6.59. The number of aromatic nitrogens is 1. The number of anilines is 1. The van der Waals surface area contributed by atoms with E-state index in [9.17, 15) is 14.7 Å². The summed E-state index contributed by atoms with van der Waals surface area (Å²) < 4.78 is 1.55. The number of carbonyl (C=O) groups is 1. The molecule has 2 unspecified atom stereocenters. The third kappa shape index (κ3) is 3.51. The molecule has 1 heterocycles. The summed E-state index contributed by atoms with van der Waals surface area (Å²) in [6, 6.07) is 7.07. The predicted octanol–water partition coefficient (Wildman–Crippen LogP) is 4.88. The Labute approximate surface area is 183 Å². The number of fused-ring (bicyclic) bond motifs is 1. The molecular formula is C26H34N2O3. The molecule has 1 amide bonds. The number of amides is 1. The number of nitrogens with zero attached hydrogens (tertiary/aromatic N) is 1. The van der Waals surface area contributed by atoms with Crippen LogP contribution < -0.4 is 10.9 Å². The fourth-order valence-corrected chi connectivity index (χ4v) is 8.25. The monoisotopic (exact) mass is 422 g/mol. The first-order chi connectivity index (χ1) is 14.6. The lowest BCUT2D eigenvalue weighted by atomic mass is 9.40. The minimum atomic E-state index is -0.283. The summed E-state index contributed by atoms with van der Waals surface area (Å²) >= 11 is 0. The zero-order chi connectivity index (χ0) is 22.0. The van der Waals surface area contributed by atoms with Gasteiger partial charge in [-0.3, -0.25) is 9.59 Å². The summed E-state index contributed by atoms with van der Waals surface area (Å²) in [5.41, 5.74) is 1.47. The summed E-state index contributed by atoms with van der Waals surface area (Å²) in [5, 5.41) is 13.9. The van der Waals surface area contributed by atoms with Gasteiger partial charge in [0.1, 0.15) is 0 Å². The van der Waals surface area contributed by atoms with Crippen LogP contribution >= 0.6 is 0 Å². The molecule has 2 aromatic rings. The van der Waals surface area contributed by atoms with E-state index in [1.807, 2.05) is 25.1 Å². The molecule has 4 fully saturated rings. The maximum Gasteiger partial charge on any atom is 0.258 e. The summed E-state index contributed by atoms with van der Waals surface area (Å²) in [4.78, 5) is 26.1. The second kappa shape index (κ2) is 6.93. The predicted molar refractivity (Wildman–Crippen MR) is 123 cm³/mol. The minimum Gasteiger partial charge on any atom is -0.394 e.